The van der Waals surface area contributed by atoms with E-state index in [1.807, 2.05) is 37.3 Å². The third kappa shape index (κ3) is 2.65. The van der Waals surface area contributed by atoms with Crippen LogP contribution >= 0.6 is 0 Å². The lowest BCUT2D eigenvalue weighted by molar-refractivity contribution is -0.132. The highest BCUT2D eigenvalue weighted by Gasteiger charge is 2.33. The summed E-state index contributed by atoms with van der Waals surface area (Å²) in [5.41, 5.74) is 1.33. The second-order valence-electron chi connectivity index (χ2n) is 5.09. The molecule has 1 aromatic rings. The number of rotatable bonds is 4. The van der Waals surface area contributed by atoms with Crippen LogP contribution in [0.4, 0.5) is 0 Å². The van der Waals surface area contributed by atoms with Gasteiger partial charge in [-0.2, -0.15) is 5.26 Å². The number of benzene rings is 1. The monoisotopic (exact) mass is 267 g/mol. The van der Waals surface area contributed by atoms with E-state index < -0.39 is 11.4 Å². The van der Waals surface area contributed by atoms with Crippen molar-refractivity contribution in [3.8, 4) is 6.07 Å². The number of carboxylic acids is 1. The maximum absolute atomic E-state index is 11.4. The zero-order valence-corrected chi connectivity index (χ0v) is 11.5. The van der Waals surface area contributed by atoms with Gasteiger partial charge in [0.2, 0.25) is 0 Å². The molecule has 3 nitrogen and oxygen atoms in total. The van der Waals surface area contributed by atoms with E-state index in [9.17, 15) is 15.2 Å². The molecule has 0 saturated heterocycles. The third-order valence-electron chi connectivity index (χ3n) is 3.66. The Labute approximate surface area is 118 Å². The fourth-order valence-corrected chi connectivity index (χ4v) is 2.66. The largest absolute Gasteiger partial charge is 0.478 e. The number of nitrogens with zero attached hydrogens (tertiary/aromatic N) is 1. The van der Waals surface area contributed by atoms with Crippen molar-refractivity contribution in [3.05, 3.63) is 53.6 Å². The Morgan fingerprint density at radius 1 is 1.40 bits per heavy atom. The smallest absolute Gasteiger partial charge is 0.335 e. The second kappa shape index (κ2) is 5.75. The molecule has 0 bridgehead atoms. The predicted octanol–water partition coefficient (Wildman–Crippen LogP) is 3.79. The van der Waals surface area contributed by atoms with Gasteiger partial charge in [-0.3, -0.25) is 0 Å². The fourth-order valence-electron chi connectivity index (χ4n) is 2.66. The van der Waals surface area contributed by atoms with Crippen molar-refractivity contribution in [3.63, 3.8) is 0 Å². The molecule has 2 rings (SSSR count). The Bertz CT molecular complexity index is 608. The first-order valence-electron chi connectivity index (χ1n) is 6.74. The Morgan fingerprint density at radius 2 is 2.10 bits per heavy atom. The minimum absolute atomic E-state index is 0.290. The molecule has 1 aromatic carbocycles. The van der Waals surface area contributed by atoms with E-state index in [0.29, 0.717) is 6.42 Å². The van der Waals surface area contributed by atoms with Crippen LogP contribution in [0.3, 0.4) is 0 Å². The summed E-state index contributed by atoms with van der Waals surface area (Å²) < 4.78 is 0. The van der Waals surface area contributed by atoms with Crippen molar-refractivity contribution in [2.75, 3.05) is 0 Å². The molecule has 3 heteroatoms. The van der Waals surface area contributed by atoms with Crippen LogP contribution in [-0.2, 0) is 4.79 Å². The Kier molecular flexibility index (Phi) is 4.05. The van der Waals surface area contributed by atoms with E-state index in [-0.39, 0.29) is 5.57 Å². The van der Waals surface area contributed by atoms with Crippen LogP contribution in [0.2, 0.25) is 0 Å². The molecule has 0 radical (unpaired) electrons. The average Bonchev–Trinajstić information content (AvgIpc) is 2.48. The number of carboxylic acid groups (broad SMARTS) is 1. The van der Waals surface area contributed by atoms with Gasteiger partial charge in [-0.05, 0) is 30.1 Å². The lowest BCUT2D eigenvalue weighted by atomic mass is 9.73. The van der Waals surface area contributed by atoms with Gasteiger partial charge in [-0.25, -0.2) is 4.79 Å². The van der Waals surface area contributed by atoms with E-state index in [4.69, 9.17) is 0 Å². The van der Waals surface area contributed by atoms with Gasteiger partial charge in [0.1, 0.15) is 0 Å². The molecular formula is C17H17NO2. The van der Waals surface area contributed by atoms with Crippen LogP contribution in [-0.4, -0.2) is 11.1 Å². The first-order valence-corrected chi connectivity index (χ1v) is 6.74. The van der Waals surface area contributed by atoms with Crippen molar-refractivity contribution in [1.82, 2.24) is 0 Å². The van der Waals surface area contributed by atoms with E-state index in [1.165, 1.54) is 0 Å². The first-order chi connectivity index (χ1) is 9.62. The molecule has 20 heavy (non-hydrogen) atoms. The SMILES string of the molecule is CCCC1(C#N)C=CC(C(=O)O)=C(c2ccccc2)C1. The average molecular weight is 267 g/mol. The summed E-state index contributed by atoms with van der Waals surface area (Å²) in [6.45, 7) is 2.03. The van der Waals surface area contributed by atoms with Crippen molar-refractivity contribution in [2.45, 2.75) is 26.2 Å². The molecule has 0 heterocycles. The number of hydrogen-bond donors (Lipinski definition) is 1. The molecular weight excluding hydrogens is 250 g/mol. The number of nitriles is 1. The van der Waals surface area contributed by atoms with Crippen LogP contribution in [0, 0.1) is 16.7 Å². The zero-order valence-electron chi connectivity index (χ0n) is 11.5. The number of aliphatic carboxylic acids is 1. The highest BCUT2D eigenvalue weighted by Crippen LogP contribution is 2.41. The Balaban J connectivity index is 2.50. The fraction of sp³-hybridized carbons (Fsp3) is 0.294. The summed E-state index contributed by atoms with van der Waals surface area (Å²) in [6, 6.07) is 11.8. The van der Waals surface area contributed by atoms with Crippen LogP contribution in [0.15, 0.2) is 48.1 Å². The molecule has 0 fully saturated rings. The summed E-state index contributed by atoms with van der Waals surface area (Å²) >= 11 is 0. The standard InChI is InChI=1S/C17H17NO2/c1-2-9-17(12-18)10-8-14(16(19)20)15(11-17)13-6-4-3-5-7-13/h3-8,10H,2,9,11H2,1H3,(H,19,20). The van der Waals surface area contributed by atoms with Gasteiger partial charge in [0.15, 0.2) is 0 Å². The van der Waals surface area contributed by atoms with E-state index in [1.54, 1.807) is 12.2 Å². The summed E-state index contributed by atoms with van der Waals surface area (Å²) in [5, 5.41) is 18.8. The van der Waals surface area contributed by atoms with E-state index >= 15 is 0 Å². The molecule has 1 aliphatic rings. The lowest BCUT2D eigenvalue weighted by Gasteiger charge is -2.28. The summed E-state index contributed by atoms with van der Waals surface area (Å²) in [4.78, 5) is 11.4. The zero-order chi connectivity index (χ0) is 14.6. The van der Waals surface area contributed by atoms with Crippen molar-refractivity contribution in [1.29, 1.82) is 5.26 Å². The van der Waals surface area contributed by atoms with E-state index in [0.717, 1.165) is 24.0 Å². The summed E-state index contributed by atoms with van der Waals surface area (Å²) in [7, 11) is 0. The Morgan fingerprint density at radius 3 is 2.65 bits per heavy atom. The summed E-state index contributed by atoms with van der Waals surface area (Å²) in [6.07, 6.45) is 5.44. The third-order valence-corrected chi connectivity index (χ3v) is 3.66. The molecule has 102 valence electrons. The van der Waals surface area contributed by atoms with Crippen molar-refractivity contribution in [2.24, 2.45) is 5.41 Å². The van der Waals surface area contributed by atoms with Gasteiger partial charge in [-0.1, -0.05) is 49.8 Å². The number of carbonyl (C=O) groups is 1. The molecule has 1 unspecified atom stereocenters. The van der Waals surface area contributed by atoms with Gasteiger partial charge in [0.25, 0.3) is 0 Å². The predicted molar refractivity (Wildman–Crippen MR) is 77.7 cm³/mol. The molecule has 1 aliphatic carbocycles. The van der Waals surface area contributed by atoms with Gasteiger partial charge in [0.05, 0.1) is 17.1 Å². The normalized spacial score (nSPS) is 21.6. The second-order valence-corrected chi connectivity index (χ2v) is 5.09. The molecule has 0 aliphatic heterocycles. The van der Waals surface area contributed by atoms with Crippen molar-refractivity contribution < 1.29 is 9.90 Å². The highest BCUT2D eigenvalue weighted by molar-refractivity contribution is 6.00. The molecule has 1 N–H and O–H groups in total. The highest BCUT2D eigenvalue weighted by atomic mass is 16.4. The van der Waals surface area contributed by atoms with Gasteiger partial charge in [-0.15, -0.1) is 0 Å². The Hall–Kier alpha value is -2.34. The molecule has 0 aromatic heterocycles. The van der Waals surface area contributed by atoms with Crippen LogP contribution in [0.5, 0.6) is 0 Å². The molecule has 0 amide bonds. The topological polar surface area (TPSA) is 61.1 Å². The first kappa shape index (κ1) is 14.1. The lowest BCUT2D eigenvalue weighted by Crippen LogP contribution is -2.21. The number of hydrogen-bond acceptors (Lipinski definition) is 2. The van der Waals surface area contributed by atoms with E-state index in [2.05, 4.69) is 6.07 Å². The molecule has 1 atom stereocenters. The maximum atomic E-state index is 11.4. The minimum Gasteiger partial charge on any atom is -0.478 e. The van der Waals surface area contributed by atoms with Crippen LogP contribution in [0.1, 0.15) is 31.7 Å². The van der Waals surface area contributed by atoms with Gasteiger partial charge >= 0.3 is 5.97 Å². The van der Waals surface area contributed by atoms with Crippen LogP contribution < -0.4 is 0 Å². The van der Waals surface area contributed by atoms with Crippen molar-refractivity contribution >= 4 is 11.5 Å². The summed E-state index contributed by atoms with van der Waals surface area (Å²) in [5.74, 6) is -0.942. The molecule has 0 spiro atoms. The van der Waals surface area contributed by atoms with Crippen LogP contribution in [0.25, 0.3) is 5.57 Å². The molecule has 0 saturated carbocycles. The minimum atomic E-state index is -0.942. The number of allylic oxidation sites excluding steroid dienone is 2. The van der Waals surface area contributed by atoms with Gasteiger partial charge in [0, 0.05) is 0 Å². The maximum Gasteiger partial charge on any atom is 0.335 e. The van der Waals surface area contributed by atoms with Gasteiger partial charge < -0.3 is 5.11 Å². The quantitative estimate of drug-likeness (QED) is 0.902.